The lowest BCUT2D eigenvalue weighted by Gasteiger charge is -2.36. The van der Waals surface area contributed by atoms with E-state index in [1.165, 1.54) is 12.8 Å². The second-order valence-electron chi connectivity index (χ2n) is 4.87. The zero-order chi connectivity index (χ0) is 9.69. The van der Waals surface area contributed by atoms with E-state index in [2.05, 4.69) is 34.9 Å². The quantitative estimate of drug-likeness (QED) is 0.430. The first-order chi connectivity index (χ1) is 6.08. The molecule has 0 amide bonds. The second-order valence-corrected chi connectivity index (χ2v) is 5.43. The van der Waals surface area contributed by atoms with E-state index in [4.69, 9.17) is 5.21 Å². The maximum Gasteiger partial charge on any atom is 0.0638 e. The van der Waals surface area contributed by atoms with Gasteiger partial charge in [-0.05, 0) is 30.6 Å². The van der Waals surface area contributed by atoms with E-state index >= 15 is 0 Å². The summed E-state index contributed by atoms with van der Waals surface area (Å²) in [4.78, 5) is 0. The Kier molecular flexibility index (Phi) is 1.99. The molecule has 2 saturated carbocycles. The molecule has 2 fully saturated rings. The molecular weight excluding hydrogens is 230 g/mol. The normalized spacial score (nSPS) is 51.9. The highest BCUT2D eigenvalue weighted by atomic mass is 79.9. The van der Waals surface area contributed by atoms with Crippen molar-refractivity contribution in [3.63, 3.8) is 0 Å². The van der Waals surface area contributed by atoms with E-state index in [9.17, 15) is 0 Å². The number of halogens is 1. The summed E-state index contributed by atoms with van der Waals surface area (Å²) in [5.41, 5.74) is 1.45. The predicted molar refractivity (Wildman–Crippen MR) is 56.6 cm³/mol. The van der Waals surface area contributed by atoms with Gasteiger partial charge in [0.2, 0.25) is 0 Å². The molecular formula is C10H16BrNO. The van der Waals surface area contributed by atoms with Crippen molar-refractivity contribution in [2.75, 3.05) is 5.33 Å². The minimum Gasteiger partial charge on any atom is -0.411 e. The van der Waals surface area contributed by atoms with E-state index in [1.807, 2.05) is 0 Å². The number of hydrogen-bond donors (Lipinski definition) is 1. The van der Waals surface area contributed by atoms with Gasteiger partial charge in [-0.15, -0.1) is 0 Å². The van der Waals surface area contributed by atoms with E-state index in [0.29, 0.717) is 11.3 Å². The number of alkyl halides is 1. The van der Waals surface area contributed by atoms with Crippen LogP contribution in [0.4, 0.5) is 0 Å². The van der Waals surface area contributed by atoms with Crippen LogP contribution in [0, 0.1) is 16.7 Å². The predicted octanol–water partition coefficient (Wildman–Crippen LogP) is 3.04. The molecule has 0 unspecified atom stereocenters. The van der Waals surface area contributed by atoms with Crippen LogP contribution in [0.2, 0.25) is 0 Å². The van der Waals surface area contributed by atoms with Crippen molar-refractivity contribution in [1.82, 2.24) is 0 Å². The van der Waals surface area contributed by atoms with Crippen LogP contribution in [-0.4, -0.2) is 16.2 Å². The van der Waals surface area contributed by atoms with Gasteiger partial charge in [-0.25, -0.2) is 0 Å². The molecule has 2 nitrogen and oxygen atoms in total. The topological polar surface area (TPSA) is 32.6 Å². The van der Waals surface area contributed by atoms with Crippen molar-refractivity contribution >= 4 is 21.6 Å². The third kappa shape index (κ3) is 0.915. The van der Waals surface area contributed by atoms with Crippen LogP contribution in [-0.2, 0) is 0 Å². The highest BCUT2D eigenvalue weighted by molar-refractivity contribution is 9.09. The lowest BCUT2D eigenvalue weighted by molar-refractivity contribution is 0.199. The van der Waals surface area contributed by atoms with Crippen molar-refractivity contribution in [3.05, 3.63) is 0 Å². The minimum atomic E-state index is 0.135. The van der Waals surface area contributed by atoms with E-state index < -0.39 is 0 Å². The molecule has 0 aromatic rings. The van der Waals surface area contributed by atoms with Gasteiger partial charge in [-0.2, -0.15) is 0 Å². The molecule has 3 heteroatoms. The Balaban J connectivity index is 2.45. The fourth-order valence-electron chi connectivity index (χ4n) is 3.19. The molecule has 0 aromatic heterocycles. The molecule has 0 heterocycles. The summed E-state index contributed by atoms with van der Waals surface area (Å²) < 4.78 is 0. The first kappa shape index (κ1) is 9.50. The summed E-state index contributed by atoms with van der Waals surface area (Å²) in [6.45, 7) is 4.56. The van der Waals surface area contributed by atoms with Crippen LogP contribution in [0.1, 0.15) is 33.1 Å². The van der Waals surface area contributed by atoms with Gasteiger partial charge < -0.3 is 5.21 Å². The van der Waals surface area contributed by atoms with Crippen molar-refractivity contribution in [2.45, 2.75) is 33.1 Å². The van der Waals surface area contributed by atoms with Gasteiger partial charge in [0.05, 0.1) is 5.71 Å². The molecule has 1 N–H and O–H groups in total. The average molecular weight is 246 g/mol. The summed E-state index contributed by atoms with van der Waals surface area (Å²) >= 11 is 3.61. The maximum atomic E-state index is 8.95. The fourth-order valence-corrected chi connectivity index (χ4v) is 4.26. The van der Waals surface area contributed by atoms with E-state index in [0.717, 1.165) is 17.5 Å². The monoisotopic (exact) mass is 245 g/mol. The molecule has 2 aliphatic rings. The Labute approximate surface area is 87.5 Å². The number of rotatable bonds is 1. The number of hydrogen-bond acceptors (Lipinski definition) is 2. The number of oxime groups is 1. The number of nitrogens with zero attached hydrogens (tertiary/aromatic N) is 1. The Morgan fingerprint density at radius 1 is 1.62 bits per heavy atom. The third-order valence-corrected chi connectivity index (χ3v) is 5.79. The van der Waals surface area contributed by atoms with Crippen LogP contribution in [0.15, 0.2) is 5.16 Å². The molecule has 2 aliphatic carbocycles. The SMILES string of the molecule is C[C@]12CC[C@@H](C/C1=N\O)[C@@]2(C)CBr. The Bertz CT molecular complexity index is 266. The highest BCUT2D eigenvalue weighted by Crippen LogP contribution is 2.64. The van der Waals surface area contributed by atoms with Gasteiger partial charge in [0.15, 0.2) is 0 Å². The zero-order valence-electron chi connectivity index (χ0n) is 8.18. The molecule has 74 valence electrons. The average Bonchev–Trinajstić information content (AvgIpc) is 2.51. The zero-order valence-corrected chi connectivity index (χ0v) is 9.76. The van der Waals surface area contributed by atoms with Gasteiger partial charge in [0.1, 0.15) is 0 Å². The molecule has 0 aliphatic heterocycles. The molecule has 2 rings (SSSR count). The molecule has 3 atom stereocenters. The van der Waals surface area contributed by atoms with Gasteiger partial charge in [-0.1, -0.05) is 34.9 Å². The summed E-state index contributed by atoms with van der Waals surface area (Å²) in [7, 11) is 0. The van der Waals surface area contributed by atoms with Gasteiger partial charge in [0.25, 0.3) is 0 Å². The Hall–Kier alpha value is -0.0500. The summed E-state index contributed by atoms with van der Waals surface area (Å²) in [6.07, 6.45) is 3.46. The van der Waals surface area contributed by atoms with Crippen LogP contribution in [0.3, 0.4) is 0 Å². The largest absolute Gasteiger partial charge is 0.411 e. The van der Waals surface area contributed by atoms with Crippen molar-refractivity contribution in [2.24, 2.45) is 21.9 Å². The standard InChI is InChI=1S/C10H16BrNO/c1-9-4-3-7(5-8(9)12-13)10(9,2)6-11/h7,13H,3-6H2,1-2H3/b12-8+/t7-,9-,10+/m0/s1. The lowest BCUT2D eigenvalue weighted by Crippen LogP contribution is -2.36. The van der Waals surface area contributed by atoms with Crippen LogP contribution in [0.5, 0.6) is 0 Å². The van der Waals surface area contributed by atoms with Crippen LogP contribution >= 0.6 is 15.9 Å². The third-order valence-electron chi connectivity index (χ3n) is 4.63. The molecule has 13 heavy (non-hydrogen) atoms. The number of fused-ring (bicyclic) bond motifs is 2. The Morgan fingerprint density at radius 3 is 2.69 bits per heavy atom. The molecule has 0 spiro atoms. The second kappa shape index (κ2) is 2.72. The maximum absolute atomic E-state index is 8.95. The summed E-state index contributed by atoms with van der Waals surface area (Å²) in [5, 5.41) is 13.4. The fraction of sp³-hybridized carbons (Fsp3) is 0.900. The molecule has 0 saturated heterocycles. The van der Waals surface area contributed by atoms with E-state index in [1.54, 1.807) is 0 Å². The Morgan fingerprint density at radius 2 is 2.31 bits per heavy atom. The lowest BCUT2D eigenvalue weighted by atomic mass is 9.70. The molecule has 0 aromatic carbocycles. The first-order valence-corrected chi connectivity index (χ1v) is 5.98. The van der Waals surface area contributed by atoms with Crippen LogP contribution < -0.4 is 0 Å². The molecule has 2 bridgehead atoms. The molecule has 0 radical (unpaired) electrons. The van der Waals surface area contributed by atoms with Crippen molar-refractivity contribution < 1.29 is 5.21 Å². The van der Waals surface area contributed by atoms with Gasteiger partial charge >= 0.3 is 0 Å². The highest BCUT2D eigenvalue weighted by Gasteiger charge is 2.62. The van der Waals surface area contributed by atoms with E-state index in [-0.39, 0.29) is 5.41 Å². The van der Waals surface area contributed by atoms with Crippen LogP contribution in [0.25, 0.3) is 0 Å². The minimum absolute atomic E-state index is 0.135. The smallest absolute Gasteiger partial charge is 0.0638 e. The van der Waals surface area contributed by atoms with Gasteiger partial charge in [-0.3, -0.25) is 0 Å². The van der Waals surface area contributed by atoms with Crippen molar-refractivity contribution in [3.8, 4) is 0 Å². The van der Waals surface area contributed by atoms with Gasteiger partial charge in [0, 0.05) is 10.7 Å². The summed E-state index contributed by atoms with van der Waals surface area (Å²) in [5.74, 6) is 0.711. The van der Waals surface area contributed by atoms with Crippen molar-refractivity contribution in [1.29, 1.82) is 0 Å². The summed E-state index contributed by atoms with van der Waals surface area (Å²) in [6, 6.07) is 0. The first-order valence-electron chi connectivity index (χ1n) is 4.86.